The van der Waals surface area contributed by atoms with Gasteiger partial charge in [-0.15, -0.1) is 0 Å². The summed E-state index contributed by atoms with van der Waals surface area (Å²) in [5.74, 6) is 1.91. The van der Waals surface area contributed by atoms with E-state index in [4.69, 9.17) is 37.4 Å². The van der Waals surface area contributed by atoms with Crippen molar-refractivity contribution in [3.63, 3.8) is 0 Å². The van der Waals surface area contributed by atoms with Gasteiger partial charge in [-0.05, 0) is 53.6 Å². The first-order chi connectivity index (χ1) is 13.6. The zero-order valence-electron chi connectivity index (χ0n) is 14.7. The Morgan fingerprint density at radius 3 is 2.71 bits per heavy atom. The highest BCUT2D eigenvalue weighted by Crippen LogP contribution is 2.37. The summed E-state index contributed by atoms with van der Waals surface area (Å²) < 4.78 is 17.7. The Bertz CT molecular complexity index is 1020. The topological polar surface area (TPSA) is 44.8 Å². The van der Waals surface area contributed by atoms with Gasteiger partial charge in [0.1, 0.15) is 25.2 Å². The Morgan fingerprint density at radius 2 is 1.89 bits per heavy atom. The molecule has 6 heteroatoms. The van der Waals surface area contributed by atoms with E-state index in [0.717, 1.165) is 17.4 Å². The number of carbonyl (C=O) groups excluding carboxylic acids is 1. The highest BCUT2D eigenvalue weighted by molar-refractivity contribution is 6.42. The lowest BCUT2D eigenvalue weighted by molar-refractivity contribution is 0.0907. The maximum atomic E-state index is 10.9. The highest BCUT2D eigenvalue weighted by Gasteiger charge is 2.23. The summed E-state index contributed by atoms with van der Waals surface area (Å²) in [5, 5.41) is 1.02. The van der Waals surface area contributed by atoms with Crippen LogP contribution in [0.1, 0.15) is 27.6 Å². The second-order valence-corrected chi connectivity index (χ2v) is 7.17. The van der Waals surface area contributed by atoms with Gasteiger partial charge in [-0.3, -0.25) is 4.79 Å². The zero-order chi connectivity index (χ0) is 19.5. The monoisotopic (exact) mass is 414 g/mol. The number of fused-ring (bicyclic) bond motifs is 1. The van der Waals surface area contributed by atoms with Crippen molar-refractivity contribution in [3.05, 3.63) is 87.4 Å². The van der Waals surface area contributed by atoms with E-state index >= 15 is 0 Å². The van der Waals surface area contributed by atoms with Crippen LogP contribution in [-0.2, 0) is 6.61 Å². The van der Waals surface area contributed by atoms with Crippen molar-refractivity contribution in [1.82, 2.24) is 0 Å². The summed E-state index contributed by atoms with van der Waals surface area (Å²) in [5.41, 5.74) is 2.42. The number of aldehydes is 1. The van der Waals surface area contributed by atoms with Crippen molar-refractivity contribution in [1.29, 1.82) is 0 Å². The molecule has 3 aromatic carbocycles. The van der Waals surface area contributed by atoms with Gasteiger partial charge in [-0.1, -0.05) is 41.4 Å². The molecule has 142 valence electrons. The lowest BCUT2D eigenvalue weighted by atomic mass is 10.1. The Labute approximate surface area is 172 Å². The quantitative estimate of drug-likeness (QED) is 0.487. The van der Waals surface area contributed by atoms with E-state index in [2.05, 4.69) is 0 Å². The first-order valence-electron chi connectivity index (χ1n) is 8.68. The molecular formula is C22H16Cl2O4. The first-order valence-corrected chi connectivity index (χ1v) is 9.43. The number of hydrogen-bond acceptors (Lipinski definition) is 4. The maximum Gasteiger partial charge on any atom is 0.162 e. The molecule has 3 aromatic rings. The predicted molar refractivity (Wildman–Crippen MR) is 108 cm³/mol. The van der Waals surface area contributed by atoms with E-state index < -0.39 is 0 Å². The van der Waals surface area contributed by atoms with Gasteiger partial charge in [0, 0.05) is 5.56 Å². The zero-order valence-corrected chi connectivity index (χ0v) is 16.2. The average molecular weight is 415 g/mol. The molecule has 1 aliphatic rings. The van der Waals surface area contributed by atoms with Gasteiger partial charge >= 0.3 is 0 Å². The minimum atomic E-state index is -0.261. The van der Waals surface area contributed by atoms with Crippen LogP contribution >= 0.6 is 23.2 Å². The predicted octanol–water partition coefficient (Wildman–Crippen LogP) is 5.90. The van der Waals surface area contributed by atoms with Gasteiger partial charge in [0.2, 0.25) is 0 Å². The molecule has 1 atom stereocenters. The Kier molecular flexibility index (Phi) is 5.42. The standard InChI is InChI=1S/C22H16Cl2O4/c23-18-6-4-15(8-19(18)24)12-26-17-3-1-2-16(10-17)22-13-27-21-9-14(11-25)5-7-20(21)28-22/h1-11,22H,12-13H2/t22-/m1/s1. The van der Waals surface area contributed by atoms with Gasteiger partial charge in [0.25, 0.3) is 0 Å². The van der Waals surface area contributed by atoms with E-state index in [1.54, 1.807) is 30.3 Å². The van der Waals surface area contributed by atoms with Crippen LogP contribution in [0.15, 0.2) is 60.7 Å². The molecule has 0 bridgehead atoms. The second-order valence-electron chi connectivity index (χ2n) is 6.35. The van der Waals surface area contributed by atoms with Crippen LogP contribution in [0.3, 0.4) is 0 Å². The molecular weight excluding hydrogens is 399 g/mol. The van der Waals surface area contributed by atoms with Crippen LogP contribution in [0.2, 0.25) is 10.0 Å². The van der Waals surface area contributed by atoms with E-state index in [9.17, 15) is 4.79 Å². The smallest absolute Gasteiger partial charge is 0.162 e. The fourth-order valence-corrected chi connectivity index (χ4v) is 3.25. The molecule has 0 radical (unpaired) electrons. The van der Waals surface area contributed by atoms with Crippen LogP contribution < -0.4 is 14.2 Å². The number of benzene rings is 3. The molecule has 0 saturated carbocycles. The fourth-order valence-electron chi connectivity index (χ4n) is 2.93. The van der Waals surface area contributed by atoms with Gasteiger partial charge in [0.15, 0.2) is 17.6 Å². The van der Waals surface area contributed by atoms with Gasteiger partial charge < -0.3 is 14.2 Å². The lowest BCUT2D eigenvalue weighted by Crippen LogP contribution is -2.21. The largest absolute Gasteiger partial charge is 0.489 e. The molecule has 28 heavy (non-hydrogen) atoms. The summed E-state index contributed by atoms with van der Waals surface area (Å²) in [6.45, 7) is 0.727. The normalized spacial score (nSPS) is 15.1. The third-order valence-corrected chi connectivity index (χ3v) is 5.12. The van der Waals surface area contributed by atoms with Crippen LogP contribution in [0.25, 0.3) is 0 Å². The van der Waals surface area contributed by atoms with Crippen molar-refractivity contribution < 1.29 is 19.0 Å². The SMILES string of the molecule is O=Cc1ccc2c(c1)OC[C@H](c1cccc(OCc3ccc(Cl)c(Cl)c3)c1)O2. The van der Waals surface area contributed by atoms with Gasteiger partial charge in [-0.25, -0.2) is 0 Å². The lowest BCUT2D eigenvalue weighted by Gasteiger charge is -2.27. The summed E-state index contributed by atoms with van der Waals surface area (Å²) in [6, 6.07) is 18.2. The first kappa shape index (κ1) is 18.7. The third-order valence-electron chi connectivity index (χ3n) is 4.38. The Hall–Kier alpha value is -2.69. The number of halogens is 2. The van der Waals surface area contributed by atoms with E-state index in [0.29, 0.717) is 46.1 Å². The van der Waals surface area contributed by atoms with E-state index in [1.165, 1.54) is 0 Å². The second kappa shape index (κ2) is 8.13. The Balaban J connectivity index is 1.46. The van der Waals surface area contributed by atoms with Crippen molar-refractivity contribution in [2.45, 2.75) is 12.7 Å². The van der Waals surface area contributed by atoms with Crippen molar-refractivity contribution >= 4 is 29.5 Å². The van der Waals surface area contributed by atoms with E-state index in [-0.39, 0.29) is 6.10 Å². The highest BCUT2D eigenvalue weighted by atomic mass is 35.5. The molecule has 1 aliphatic heterocycles. The van der Waals surface area contributed by atoms with Crippen LogP contribution in [0, 0.1) is 0 Å². The molecule has 0 spiro atoms. The van der Waals surface area contributed by atoms with Crippen LogP contribution in [-0.4, -0.2) is 12.9 Å². The number of hydrogen-bond donors (Lipinski definition) is 0. The van der Waals surface area contributed by atoms with Crippen molar-refractivity contribution in [2.24, 2.45) is 0 Å². The molecule has 0 saturated heterocycles. The molecule has 0 aromatic heterocycles. The summed E-state index contributed by atoms with van der Waals surface area (Å²) >= 11 is 12.0. The Morgan fingerprint density at radius 1 is 1.00 bits per heavy atom. The summed E-state index contributed by atoms with van der Waals surface area (Å²) in [6.07, 6.45) is 0.521. The molecule has 0 fully saturated rings. The molecule has 4 nitrogen and oxygen atoms in total. The van der Waals surface area contributed by atoms with Gasteiger partial charge in [0.05, 0.1) is 10.0 Å². The number of rotatable bonds is 5. The fraction of sp³-hybridized carbons (Fsp3) is 0.136. The van der Waals surface area contributed by atoms with Gasteiger partial charge in [-0.2, -0.15) is 0 Å². The van der Waals surface area contributed by atoms with Crippen molar-refractivity contribution in [3.8, 4) is 17.2 Å². The van der Waals surface area contributed by atoms with Crippen molar-refractivity contribution in [2.75, 3.05) is 6.61 Å². The third kappa shape index (κ3) is 4.08. The summed E-state index contributed by atoms with van der Waals surface area (Å²) in [7, 11) is 0. The number of carbonyl (C=O) groups is 1. The van der Waals surface area contributed by atoms with Crippen LogP contribution in [0.4, 0.5) is 0 Å². The number of ether oxygens (including phenoxy) is 3. The average Bonchev–Trinajstić information content (AvgIpc) is 2.74. The molecule has 4 rings (SSSR count). The molecule has 0 aliphatic carbocycles. The van der Waals surface area contributed by atoms with Crippen LogP contribution in [0.5, 0.6) is 17.2 Å². The molecule has 0 unspecified atom stereocenters. The summed E-state index contributed by atoms with van der Waals surface area (Å²) in [4.78, 5) is 10.9. The minimum absolute atomic E-state index is 0.261. The van der Waals surface area contributed by atoms with E-state index in [1.807, 2.05) is 30.3 Å². The minimum Gasteiger partial charge on any atom is -0.489 e. The molecule has 1 heterocycles. The maximum absolute atomic E-state index is 10.9. The molecule has 0 N–H and O–H groups in total. The molecule has 0 amide bonds.